The van der Waals surface area contributed by atoms with Gasteiger partial charge in [-0.2, -0.15) is 0 Å². The fraction of sp³-hybridized carbons (Fsp3) is 0. The van der Waals surface area contributed by atoms with Crippen molar-refractivity contribution in [2.75, 3.05) is 0 Å². The van der Waals surface area contributed by atoms with Crippen LogP contribution in [0.4, 0.5) is 0 Å². The van der Waals surface area contributed by atoms with Crippen LogP contribution in [0.3, 0.4) is 0 Å². The fourth-order valence-corrected chi connectivity index (χ4v) is 2.49. The Bertz CT molecular complexity index is 1700. The quantitative estimate of drug-likeness (QED) is 0.186. The molecule has 0 aliphatic rings. The van der Waals surface area contributed by atoms with Crippen LogP contribution in [0.1, 0.15) is 5.56 Å². The molecule has 0 saturated heterocycles. The first-order chi connectivity index (χ1) is 18.5. The van der Waals surface area contributed by atoms with Crippen molar-refractivity contribution in [3.63, 3.8) is 0 Å². The third kappa shape index (κ3) is 9.53. The van der Waals surface area contributed by atoms with E-state index in [1.54, 1.807) is 36.4 Å². The fourth-order valence-electron chi connectivity index (χ4n) is 2.49. The van der Waals surface area contributed by atoms with Crippen LogP contribution < -0.4 is 4.74 Å². The van der Waals surface area contributed by atoms with Gasteiger partial charge >= 0.3 is 17.9 Å². The maximum Gasteiger partial charge on any atom is 0.350 e. The lowest BCUT2D eigenvalue weighted by molar-refractivity contribution is -0.136. The van der Waals surface area contributed by atoms with Crippen LogP contribution in [-0.4, -0.2) is 11.9 Å². The number of benzene rings is 2. The van der Waals surface area contributed by atoms with Gasteiger partial charge in [0.1, 0.15) is 5.75 Å². The Kier molecular flexibility index (Phi) is 11.5. The molecule has 0 aromatic heterocycles. The van der Waals surface area contributed by atoms with Crippen LogP contribution in [0.25, 0.3) is 16.9 Å². The Balaban J connectivity index is 2.37. The van der Waals surface area contributed by atoms with E-state index < -0.39 is 11.9 Å². The summed E-state index contributed by atoms with van der Waals surface area (Å²) in [6.45, 7) is 13.5. The predicted molar refractivity (Wildman–Crippen MR) is 142 cm³/mol. The minimum absolute atomic E-state index is 0.130. The van der Waals surface area contributed by atoms with Crippen molar-refractivity contribution in [2.24, 2.45) is 0 Å². The van der Waals surface area contributed by atoms with Crippen molar-refractivity contribution in [1.29, 1.82) is 0 Å². The Labute approximate surface area is 219 Å². The zero-order valence-corrected chi connectivity index (χ0v) is 20.1. The molecule has 0 atom stereocenters. The normalized spacial score (nSPS) is 8.00. The van der Waals surface area contributed by atoms with E-state index >= 15 is 0 Å². The first-order valence-corrected chi connectivity index (χ1v) is 10.6. The first kappa shape index (κ1) is 28.0. The van der Waals surface area contributed by atoms with Crippen LogP contribution >= 0.6 is 0 Å². The summed E-state index contributed by atoms with van der Waals surface area (Å²) in [6, 6.07) is 14.1. The molecule has 0 spiro atoms. The average Bonchev–Trinajstić information content (AvgIpc) is 2.94. The molecule has 0 heterocycles. The lowest BCUT2D eigenvalue weighted by atomic mass is 10.0. The summed E-state index contributed by atoms with van der Waals surface area (Å²) in [5.41, 5.74) is 29.7. The highest BCUT2D eigenvalue weighted by atomic mass is 16.7. The summed E-state index contributed by atoms with van der Waals surface area (Å²) in [6.07, 6.45) is 2.03. The molecule has 0 amide bonds. The Morgan fingerprint density at radius 1 is 0.632 bits per heavy atom. The Morgan fingerprint density at radius 2 is 1.13 bits per heavy atom. The molecular weight excluding hydrogens is 476 g/mol. The van der Waals surface area contributed by atoms with E-state index in [1.807, 2.05) is 12.1 Å². The maximum absolute atomic E-state index is 11.7. The first-order valence-electron chi connectivity index (χ1n) is 10.6. The Morgan fingerprint density at radius 3 is 1.71 bits per heavy atom. The van der Waals surface area contributed by atoms with Crippen LogP contribution in [0.5, 0.6) is 5.75 Å². The smallest absolute Gasteiger partial charge is 0.350 e. The van der Waals surface area contributed by atoms with Gasteiger partial charge in [-0.15, -0.1) is 0 Å². The van der Waals surface area contributed by atoms with Crippen LogP contribution in [0, 0.1) is 0 Å². The number of carbonyl (C=O) groups excluding carboxylic acids is 2. The second-order valence-corrected chi connectivity index (χ2v) is 6.55. The molecule has 5 nitrogen and oxygen atoms in total. The highest BCUT2D eigenvalue weighted by Gasteiger charge is 2.09. The molecule has 180 valence electrons. The van der Waals surface area contributed by atoms with Gasteiger partial charge in [0, 0.05) is 23.4 Å². The van der Waals surface area contributed by atoms with E-state index in [4.69, 9.17) is 14.2 Å². The summed E-state index contributed by atoms with van der Waals surface area (Å²) < 4.78 is 15.8. The van der Waals surface area contributed by atoms with Gasteiger partial charge in [-0.05, 0) is 94.4 Å². The van der Waals surface area contributed by atoms with Crippen molar-refractivity contribution in [1.82, 2.24) is 0 Å². The zero-order valence-electron chi connectivity index (χ0n) is 20.1. The van der Waals surface area contributed by atoms with Crippen molar-refractivity contribution in [2.45, 2.75) is 0 Å². The minimum atomic E-state index is -0.734. The van der Waals surface area contributed by atoms with Crippen LogP contribution in [-0.2, 0) is 19.1 Å². The predicted octanol–water partition coefficient (Wildman–Crippen LogP) is 6.34. The molecule has 0 fully saturated rings. The third-order valence-corrected chi connectivity index (χ3v) is 4.10. The van der Waals surface area contributed by atoms with Crippen LogP contribution in [0.2, 0.25) is 0 Å². The van der Waals surface area contributed by atoms with Gasteiger partial charge in [0.2, 0.25) is 0 Å². The van der Waals surface area contributed by atoms with Gasteiger partial charge in [-0.1, -0.05) is 48.9 Å². The largest absolute Gasteiger partial charge is 0.419 e. The molecule has 0 aliphatic heterocycles. The lowest BCUT2D eigenvalue weighted by Crippen LogP contribution is -2.05. The molecule has 2 aromatic rings. The SMILES string of the molecule is C=C=C=C=C=C=C=C(OC(=O)C=C)Oc1ccc(-c2ccc(C(=C=C=C=C=C=C)OC(=O)C=C)cc2)cc1. The summed E-state index contributed by atoms with van der Waals surface area (Å²) in [7, 11) is 0. The molecule has 0 radical (unpaired) electrons. The van der Waals surface area contributed by atoms with Gasteiger partial charge in [0.15, 0.2) is 5.76 Å². The van der Waals surface area contributed by atoms with E-state index in [2.05, 4.69) is 89.4 Å². The lowest BCUT2D eigenvalue weighted by Gasteiger charge is -2.09. The molecule has 2 rings (SSSR count). The van der Waals surface area contributed by atoms with E-state index in [0.29, 0.717) is 11.3 Å². The van der Waals surface area contributed by atoms with Crippen molar-refractivity contribution in [3.05, 3.63) is 162 Å². The Hall–Kier alpha value is -6.28. The highest BCUT2D eigenvalue weighted by molar-refractivity contribution is 5.86. The highest BCUT2D eigenvalue weighted by Crippen LogP contribution is 2.25. The van der Waals surface area contributed by atoms with E-state index in [0.717, 1.165) is 23.3 Å². The molecule has 5 heteroatoms. The topological polar surface area (TPSA) is 61.8 Å². The van der Waals surface area contributed by atoms with Crippen LogP contribution in [0.15, 0.2) is 156 Å². The molecule has 0 saturated carbocycles. The van der Waals surface area contributed by atoms with Crippen molar-refractivity contribution < 1.29 is 23.8 Å². The average molecular weight is 495 g/mol. The summed E-state index contributed by atoms with van der Waals surface area (Å²) >= 11 is 0. The van der Waals surface area contributed by atoms with E-state index in [1.165, 1.54) is 0 Å². The van der Waals surface area contributed by atoms with Gasteiger partial charge < -0.3 is 14.2 Å². The summed E-state index contributed by atoms with van der Waals surface area (Å²) in [5, 5.41) is 0. The van der Waals surface area contributed by atoms with Gasteiger partial charge in [-0.25, -0.2) is 9.59 Å². The van der Waals surface area contributed by atoms with E-state index in [-0.39, 0.29) is 11.7 Å². The number of carbonyl (C=O) groups is 2. The van der Waals surface area contributed by atoms with Crippen molar-refractivity contribution >= 4 is 17.7 Å². The number of ether oxygens (including phenoxy) is 3. The molecular formula is C33H18O5. The second-order valence-electron chi connectivity index (χ2n) is 6.55. The summed E-state index contributed by atoms with van der Waals surface area (Å²) in [4.78, 5) is 23.3. The third-order valence-electron chi connectivity index (χ3n) is 4.10. The van der Waals surface area contributed by atoms with E-state index in [9.17, 15) is 9.59 Å². The number of rotatable bonds is 8. The standard InChI is InChI=1S/C33H18O5/c1-5-9-11-13-15-17-33(38-32(35)8-4)36-29-24-22-27(23-25-29)26-18-20-28(21-19-26)30(37-31(34)7-3)16-14-12-10-6-2/h7-8,18-25H,1-4H2. The molecule has 0 unspecified atom stereocenters. The molecule has 38 heavy (non-hydrogen) atoms. The molecule has 2 aromatic carbocycles. The maximum atomic E-state index is 11.7. The second kappa shape index (κ2) is 15.6. The number of hydrogen-bond donors (Lipinski definition) is 0. The van der Waals surface area contributed by atoms with Gasteiger partial charge in [0.25, 0.3) is 0 Å². The number of hydrogen-bond acceptors (Lipinski definition) is 5. The summed E-state index contributed by atoms with van der Waals surface area (Å²) in [5.74, 6) is -1.14. The van der Waals surface area contributed by atoms with Gasteiger partial charge in [0.05, 0.1) is 0 Å². The molecule has 0 N–H and O–H groups in total. The van der Waals surface area contributed by atoms with Gasteiger partial charge in [-0.3, -0.25) is 0 Å². The zero-order chi connectivity index (χ0) is 27.6. The molecule has 0 bridgehead atoms. The number of esters is 2. The van der Waals surface area contributed by atoms with Crippen molar-refractivity contribution in [3.8, 4) is 16.9 Å². The molecule has 0 aliphatic carbocycles. The minimum Gasteiger partial charge on any atom is -0.419 e. The monoisotopic (exact) mass is 494 g/mol.